The Balaban J connectivity index is 0.000000127. The molecule has 0 spiro atoms. The number of nitrogens with zero attached hydrogens (tertiary/aromatic N) is 1. The van der Waals surface area contributed by atoms with E-state index in [1.165, 1.54) is 38.3 Å². The summed E-state index contributed by atoms with van der Waals surface area (Å²) in [4.78, 5) is 2.27. The molecule has 1 heterocycles. The molecule has 2 nitrogen and oxygen atoms in total. The van der Waals surface area contributed by atoms with Crippen LogP contribution in [0.5, 0.6) is 11.5 Å². The molecule has 0 unspecified atom stereocenters. The molecule has 1 saturated carbocycles. The Kier molecular flexibility index (Phi) is 4.00. The molecule has 2 aliphatic rings. The Bertz CT molecular complexity index is 372. The normalized spacial score (nSPS) is 15.8. The van der Waals surface area contributed by atoms with Crippen molar-refractivity contribution in [1.29, 1.82) is 0 Å². The highest BCUT2D eigenvalue weighted by atomic mass is 19.1. The van der Waals surface area contributed by atoms with E-state index in [-0.39, 0.29) is 5.82 Å². The predicted octanol–water partition coefficient (Wildman–Crippen LogP) is 3.67. The van der Waals surface area contributed by atoms with Crippen molar-refractivity contribution in [3.8, 4) is 11.5 Å². The molecule has 0 aromatic heterocycles. The Hall–Kier alpha value is -1.09. The van der Waals surface area contributed by atoms with Gasteiger partial charge in [0.15, 0.2) is 11.6 Å². The van der Waals surface area contributed by atoms with Gasteiger partial charge in [0.2, 0.25) is 5.75 Å². The number of rotatable bonds is 4. The molecular weight excluding hydrogens is 217 g/mol. The highest BCUT2D eigenvalue weighted by Crippen LogP contribution is 2.46. The smallest absolute Gasteiger partial charge is 0.205 e. The fraction of sp³-hybridized carbons (Fsp3) is 0.571. The van der Waals surface area contributed by atoms with Gasteiger partial charge in [-0.2, -0.15) is 0 Å². The van der Waals surface area contributed by atoms with Crippen molar-refractivity contribution in [2.45, 2.75) is 25.7 Å². The van der Waals surface area contributed by atoms with Crippen molar-refractivity contribution in [2.75, 3.05) is 20.6 Å². The van der Waals surface area contributed by atoms with Crippen molar-refractivity contribution >= 4 is 0 Å². The van der Waals surface area contributed by atoms with E-state index < -0.39 is 0 Å². The SMILES string of the molecule is CN(C)CCCC1CC1.Fc1cccc2c1O2. The molecule has 1 fully saturated rings. The molecule has 0 bridgehead atoms. The highest BCUT2D eigenvalue weighted by Gasteiger charge is 2.23. The second-order valence-electron chi connectivity index (χ2n) is 5.06. The van der Waals surface area contributed by atoms with Crippen LogP contribution in [0.3, 0.4) is 0 Å². The first-order valence-corrected chi connectivity index (χ1v) is 6.28. The molecule has 0 amide bonds. The fourth-order valence-corrected chi connectivity index (χ4v) is 1.76. The van der Waals surface area contributed by atoms with Gasteiger partial charge in [-0.05, 0) is 51.5 Å². The standard InChI is InChI=1S/C8H17N.C6H3FO/c1-9(2)7-3-4-8-5-6-8;7-4-2-1-3-5-6(4)8-5/h8H,3-7H2,1-2H3;1-3H. The quantitative estimate of drug-likeness (QED) is 0.754. The number of benzene rings is 1. The molecule has 94 valence electrons. The number of ether oxygens (including phenoxy) is 1. The van der Waals surface area contributed by atoms with Crippen molar-refractivity contribution in [3.05, 3.63) is 24.0 Å². The summed E-state index contributed by atoms with van der Waals surface area (Å²) < 4.78 is 16.9. The summed E-state index contributed by atoms with van der Waals surface area (Å²) in [6.07, 6.45) is 5.89. The van der Waals surface area contributed by atoms with E-state index in [0.29, 0.717) is 11.5 Å². The third-order valence-electron chi connectivity index (χ3n) is 3.02. The zero-order valence-electron chi connectivity index (χ0n) is 10.6. The van der Waals surface area contributed by atoms with Gasteiger partial charge in [-0.3, -0.25) is 0 Å². The van der Waals surface area contributed by atoms with Crippen LogP contribution in [0.25, 0.3) is 0 Å². The van der Waals surface area contributed by atoms with Crippen LogP contribution in [0, 0.1) is 11.7 Å². The lowest BCUT2D eigenvalue weighted by Gasteiger charge is -2.07. The Morgan fingerprint density at radius 3 is 2.65 bits per heavy atom. The minimum Gasteiger partial charge on any atom is -0.446 e. The van der Waals surface area contributed by atoms with Crippen molar-refractivity contribution in [3.63, 3.8) is 0 Å². The monoisotopic (exact) mass is 237 g/mol. The maximum Gasteiger partial charge on any atom is 0.205 e. The average Bonchev–Trinajstić information content (AvgIpc) is 3.13. The zero-order valence-corrected chi connectivity index (χ0v) is 10.6. The molecule has 17 heavy (non-hydrogen) atoms. The molecule has 1 aromatic carbocycles. The predicted molar refractivity (Wildman–Crippen MR) is 67.0 cm³/mol. The maximum absolute atomic E-state index is 12.2. The molecule has 0 N–H and O–H groups in total. The summed E-state index contributed by atoms with van der Waals surface area (Å²) in [5.74, 6) is 1.94. The number of para-hydroxylation sites is 1. The van der Waals surface area contributed by atoms with Gasteiger partial charge in [0.25, 0.3) is 0 Å². The van der Waals surface area contributed by atoms with E-state index in [1.54, 1.807) is 12.1 Å². The summed E-state index contributed by atoms with van der Waals surface area (Å²) in [6, 6.07) is 4.74. The van der Waals surface area contributed by atoms with Crippen molar-refractivity contribution < 1.29 is 9.13 Å². The van der Waals surface area contributed by atoms with E-state index in [0.717, 1.165) is 5.92 Å². The lowest BCUT2D eigenvalue weighted by atomic mass is 10.2. The Morgan fingerprint density at radius 2 is 2.12 bits per heavy atom. The topological polar surface area (TPSA) is 15.8 Å². The lowest BCUT2D eigenvalue weighted by molar-refractivity contribution is 0.389. The van der Waals surface area contributed by atoms with Crippen LogP contribution < -0.4 is 4.74 Å². The Morgan fingerprint density at radius 1 is 1.35 bits per heavy atom. The van der Waals surface area contributed by atoms with E-state index in [9.17, 15) is 4.39 Å². The molecule has 1 aliphatic heterocycles. The van der Waals surface area contributed by atoms with Crippen LogP contribution in [-0.2, 0) is 0 Å². The van der Waals surface area contributed by atoms with Gasteiger partial charge in [0.1, 0.15) is 0 Å². The first kappa shape index (κ1) is 12.4. The van der Waals surface area contributed by atoms with E-state index in [4.69, 9.17) is 4.74 Å². The molecule has 1 aliphatic carbocycles. The maximum atomic E-state index is 12.2. The van der Waals surface area contributed by atoms with Crippen LogP contribution in [0.4, 0.5) is 4.39 Å². The summed E-state index contributed by atoms with van der Waals surface area (Å²) in [7, 11) is 4.29. The van der Waals surface area contributed by atoms with E-state index >= 15 is 0 Å². The largest absolute Gasteiger partial charge is 0.446 e. The average molecular weight is 237 g/mol. The van der Waals surface area contributed by atoms with Crippen LogP contribution in [0.2, 0.25) is 0 Å². The van der Waals surface area contributed by atoms with Crippen molar-refractivity contribution in [2.24, 2.45) is 5.92 Å². The van der Waals surface area contributed by atoms with E-state index in [1.807, 2.05) is 0 Å². The third kappa shape index (κ3) is 4.35. The van der Waals surface area contributed by atoms with Crippen LogP contribution in [-0.4, -0.2) is 25.5 Å². The summed E-state index contributed by atoms with van der Waals surface area (Å²) >= 11 is 0. The lowest BCUT2D eigenvalue weighted by Crippen LogP contribution is -2.12. The molecule has 0 saturated heterocycles. The third-order valence-corrected chi connectivity index (χ3v) is 3.02. The minimum atomic E-state index is -0.262. The van der Waals surface area contributed by atoms with Gasteiger partial charge in [-0.1, -0.05) is 18.9 Å². The first-order chi connectivity index (χ1) is 8.16. The summed E-state index contributed by atoms with van der Waals surface area (Å²) in [5.41, 5.74) is 0. The second-order valence-corrected chi connectivity index (χ2v) is 5.06. The van der Waals surface area contributed by atoms with Crippen LogP contribution >= 0.6 is 0 Å². The molecule has 0 radical (unpaired) electrons. The molecular formula is C14H20FNO. The molecule has 3 heteroatoms. The van der Waals surface area contributed by atoms with Gasteiger partial charge in [0, 0.05) is 0 Å². The molecule has 1 aromatic rings. The number of halogens is 1. The van der Waals surface area contributed by atoms with Crippen LogP contribution in [0.1, 0.15) is 25.7 Å². The Labute approximate surface area is 102 Å². The minimum absolute atomic E-state index is 0.262. The van der Waals surface area contributed by atoms with Gasteiger partial charge >= 0.3 is 0 Å². The second kappa shape index (κ2) is 5.50. The van der Waals surface area contributed by atoms with Gasteiger partial charge in [-0.25, -0.2) is 4.39 Å². The number of hydrogen-bond donors (Lipinski definition) is 0. The van der Waals surface area contributed by atoms with Crippen molar-refractivity contribution in [1.82, 2.24) is 4.90 Å². The summed E-state index contributed by atoms with van der Waals surface area (Å²) in [6.45, 7) is 1.27. The van der Waals surface area contributed by atoms with Gasteiger partial charge in [-0.15, -0.1) is 0 Å². The number of fused-ring (bicyclic) bond motifs is 1. The van der Waals surface area contributed by atoms with Gasteiger partial charge in [0.05, 0.1) is 0 Å². The number of hydrogen-bond acceptors (Lipinski definition) is 2. The van der Waals surface area contributed by atoms with Crippen LogP contribution in [0.15, 0.2) is 18.2 Å². The zero-order chi connectivity index (χ0) is 12.3. The van der Waals surface area contributed by atoms with E-state index in [2.05, 4.69) is 19.0 Å². The highest BCUT2D eigenvalue weighted by molar-refractivity contribution is 5.54. The first-order valence-electron chi connectivity index (χ1n) is 6.28. The summed E-state index contributed by atoms with van der Waals surface area (Å²) in [5, 5.41) is 0. The molecule has 3 rings (SSSR count). The van der Waals surface area contributed by atoms with Gasteiger partial charge < -0.3 is 9.64 Å². The molecule has 0 atom stereocenters. The fourth-order valence-electron chi connectivity index (χ4n) is 1.76.